The zero-order valence-corrected chi connectivity index (χ0v) is 10.9. The van der Waals surface area contributed by atoms with Gasteiger partial charge in [0.15, 0.2) is 11.6 Å². The number of nitrogens with two attached hydrogens (primary N) is 1. The number of methoxy groups -OCH3 is 1. The van der Waals surface area contributed by atoms with E-state index in [9.17, 15) is 4.39 Å². The lowest BCUT2D eigenvalue weighted by Crippen LogP contribution is -2.29. The molecule has 1 aromatic heterocycles. The predicted octanol–water partition coefficient (Wildman–Crippen LogP) is 2.15. The van der Waals surface area contributed by atoms with E-state index in [1.807, 2.05) is 6.92 Å². The van der Waals surface area contributed by atoms with Gasteiger partial charge in [-0.1, -0.05) is 12.1 Å². The van der Waals surface area contributed by atoms with Crippen molar-refractivity contribution in [2.45, 2.75) is 13.0 Å². The lowest BCUT2D eigenvalue weighted by Gasteiger charge is -2.16. The van der Waals surface area contributed by atoms with Gasteiger partial charge in [0.05, 0.1) is 18.2 Å². The normalized spacial score (nSPS) is 12.4. The number of ether oxygens (including phenoxy) is 1. The summed E-state index contributed by atoms with van der Waals surface area (Å²) in [6.45, 7) is 1.89. The molecule has 4 nitrogen and oxygen atoms in total. The number of aryl methyl sites for hydroxylation is 1. The fourth-order valence-corrected chi connectivity index (χ4v) is 2.61. The predicted molar refractivity (Wildman–Crippen MR) is 69.0 cm³/mol. The Morgan fingerprint density at radius 2 is 2.28 bits per heavy atom. The highest BCUT2D eigenvalue weighted by molar-refractivity contribution is 7.11. The molecule has 2 aromatic rings. The van der Waals surface area contributed by atoms with Crippen molar-refractivity contribution in [3.05, 3.63) is 45.7 Å². The highest BCUT2D eigenvalue weighted by Gasteiger charge is 2.20. The Labute approximate surface area is 109 Å². The molecular formula is C12H14FN3OS. The van der Waals surface area contributed by atoms with Gasteiger partial charge in [0.2, 0.25) is 0 Å². The van der Waals surface area contributed by atoms with Crippen molar-refractivity contribution in [2.75, 3.05) is 7.11 Å². The topological polar surface area (TPSA) is 60.2 Å². The van der Waals surface area contributed by atoms with Crippen molar-refractivity contribution in [3.8, 4) is 5.75 Å². The van der Waals surface area contributed by atoms with Crippen LogP contribution in [0.15, 0.2) is 24.4 Å². The number of halogens is 1. The molecule has 1 atom stereocenters. The highest BCUT2D eigenvalue weighted by atomic mass is 32.1. The smallest absolute Gasteiger partial charge is 0.170 e. The molecule has 0 fully saturated rings. The maximum Gasteiger partial charge on any atom is 0.170 e. The molecule has 96 valence electrons. The Morgan fingerprint density at radius 1 is 1.50 bits per heavy atom. The van der Waals surface area contributed by atoms with E-state index < -0.39 is 11.9 Å². The Bertz CT molecular complexity index is 544. The third-order valence-electron chi connectivity index (χ3n) is 2.61. The van der Waals surface area contributed by atoms with E-state index in [0.29, 0.717) is 5.56 Å². The van der Waals surface area contributed by atoms with E-state index in [1.165, 1.54) is 18.4 Å². The number of nitrogens with one attached hydrogen (secondary N) is 1. The quantitative estimate of drug-likeness (QED) is 0.658. The molecule has 1 heterocycles. The number of benzene rings is 1. The largest absolute Gasteiger partial charge is 0.494 e. The molecule has 0 aliphatic carbocycles. The second-order valence-corrected chi connectivity index (χ2v) is 5.01. The third kappa shape index (κ3) is 2.35. The second kappa shape index (κ2) is 5.43. The van der Waals surface area contributed by atoms with Crippen LogP contribution in [0.5, 0.6) is 5.75 Å². The Kier molecular flexibility index (Phi) is 3.90. The summed E-state index contributed by atoms with van der Waals surface area (Å²) < 4.78 is 19.1. The SMILES string of the molecule is COc1cccc(C(NN)c2cnc(C)s2)c1F. The molecule has 0 bridgehead atoms. The molecule has 18 heavy (non-hydrogen) atoms. The van der Waals surface area contributed by atoms with Gasteiger partial charge < -0.3 is 4.74 Å². The van der Waals surface area contributed by atoms with Gasteiger partial charge in [-0.15, -0.1) is 11.3 Å². The summed E-state index contributed by atoms with van der Waals surface area (Å²) in [7, 11) is 1.43. The van der Waals surface area contributed by atoms with Crippen LogP contribution < -0.4 is 16.0 Å². The van der Waals surface area contributed by atoms with Crippen molar-refractivity contribution >= 4 is 11.3 Å². The van der Waals surface area contributed by atoms with E-state index in [4.69, 9.17) is 10.6 Å². The molecule has 0 radical (unpaired) electrons. The van der Waals surface area contributed by atoms with Crippen LogP contribution in [0, 0.1) is 12.7 Å². The first kappa shape index (κ1) is 12.9. The lowest BCUT2D eigenvalue weighted by atomic mass is 10.1. The standard InChI is InChI=1S/C12H14FN3OS/c1-7-15-6-10(18-7)12(16-14)8-4-3-5-9(17-2)11(8)13/h3-6,12,16H,14H2,1-2H3. The summed E-state index contributed by atoms with van der Waals surface area (Å²) in [5.41, 5.74) is 3.06. The van der Waals surface area contributed by atoms with Crippen LogP contribution in [-0.2, 0) is 0 Å². The maximum atomic E-state index is 14.2. The van der Waals surface area contributed by atoms with Crippen molar-refractivity contribution in [1.82, 2.24) is 10.4 Å². The van der Waals surface area contributed by atoms with Gasteiger partial charge >= 0.3 is 0 Å². The van der Waals surface area contributed by atoms with Crippen LogP contribution in [0.1, 0.15) is 21.5 Å². The Morgan fingerprint density at radius 3 is 2.83 bits per heavy atom. The average Bonchev–Trinajstić information content (AvgIpc) is 2.79. The molecule has 6 heteroatoms. The van der Waals surface area contributed by atoms with E-state index in [-0.39, 0.29) is 5.75 Å². The molecule has 2 rings (SSSR count). The van der Waals surface area contributed by atoms with Gasteiger partial charge in [-0.3, -0.25) is 5.84 Å². The number of hydrazine groups is 1. The fraction of sp³-hybridized carbons (Fsp3) is 0.250. The van der Waals surface area contributed by atoms with E-state index in [0.717, 1.165) is 9.88 Å². The molecular weight excluding hydrogens is 253 g/mol. The number of rotatable bonds is 4. The summed E-state index contributed by atoms with van der Waals surface area (Å²) in [6, 6.07) is 4.56. The molecule has 0 amide bonds. The van der Waals surface area contributed by atoms with Gasteiger partial charge in [-0.05, 0) is 13.0 Å². The van der Waals surface area contributed by atoms with E-state index in [1.54, 1.807) is 24.4 Å². The Balaban J connectivity index is 2.45. The zero-order valence-electron chi connectivity index (χ0n) is 10.1. The molecule has 1 unspecified atom stereocenters. The van der Waals surface area contributed by atoms with Crippen molar-refractivity contribution in [1.29, 1.82) is 0 Å². The molecule has 0 spiro atoms. The fourth-order valence-electron chi connectivity index (χ4n) is 1.74. The monoisotopic (exact) mass is 267 g/mol. The molecule has 0 aliphatic rings. The third-order valence-corrected chi connectivity index (χ3v) is 3.59. The van der Waals surface area contributed by atoms with Gasteiger partial charge in [0.25, 0.3) is 0 Å². The first-order chi connectivity index (χ1) is 8.67. The van der Waals surface area contributed by atoms with E-state index in [2.05, 4.69) is 10.4 Å². The summed E-state index contributed by atoms with van der Waals surface area (Å²) >= 11 is 1.48. The number of nitrogens with zero attached hydrogens (tertiary/aromatic N) is 1. The summed E-state index contributed by atoms with van der Waals surface area (Å²) in [5.74, 6) is 5.32. The Hall–Kier alpha value is -1.50. The minimum absolute atomic E-state index is 0.203. The number of thiazole rings is 1. The van der Waals surface area contributed by atoms with Crippen LogP contribution in [0.3, 0.4) is 0 Å². The van der Waals surface area contributed by atoms with Crippen LogP contribution in [-0.4, -0.2) is 12.1 Å². The van der Waals surface area contributed by atoms with Gasteiger partial charge in [-0.25, -0.2) is 14.8 Å². The molecule has 1 aromatic carbocycles. The van der Waals surface area contributed by atoms with Crippen LogP contribution in [0.2, 0.25) is 0 Å². The highest BCUT2D eigenvalue weighted by Crippen LogP contribution is 2.31. The zero-order chi connectivity index (χ0) is 13.1. The van der Waals surface area contributed by atoms with Crippen LogP contribution >= 0.6 is 11.3 Å². The van der Waals surface area contributed by atoms with Crippen molar-refractivity contribution in [3.63, 3.8) is 0 Å². The van der Waals surface area contributed by atoms with Crippen molar-refractivity contribution in [2.24, 2.45) is 5.84 Å². The van der Waals surface area contributed by atoms with Crippen LogP contribution in [0.4, 0.5) is 4.39 Å². The van der Waals surface area contributed by atoms with Gasteiger partial charge in [0.1, 0.15) is 0 Å². The summed E-state index contributed by atoms with van der Waals surface area (Å²) in [6.07, 6.45) is 1.70. The maximum absolute atomic E-state index is 14.2. The van der Waals surface area contributed by atoms with E-state index >= 15 is 0 Å². The average molecular weight is 267 g/mol. The number of hydrogen-bond acceptors (Lipinski definition) is 5. The molecule has 0 aliphatic heterocycles. The summed E-state index contributed by atoms with van der Waals surface area (Å²) in [4.78, 5) is 5.02. The first-order valence-electron chi connectivity index (χ1n) is 5.38. The van der Waals surface area contributed by atoms with Crippen LogP contribution in [0.25, 0.3) is 0 Å². The van der Waals surface area contributed by atoms with Gasteiger partial charge in [0, 0.05) is 16.6 Å². The lowest BCUT2D eigenvalue weighted by molar-refractivity contribution is 0.382. The van der Waals surface area contributed by atoms with Gasteiger partial charge in [-0.2, -0.15) is 0 Å². The molecule has 0 saturated heterocycles. The number of aromatic nitrogens is 1. The number of hydrogen-bond donors (Lipinski definition) is 2. The second-order valence-electron chi connectivity index (χ2n) is 3.74. The first-order valence-corrected chi connectivity index (χ1v) is 6.20. The molecule has 0 saturated carbocycles. The minimum Gasteiger partial charge on any atom is -0.494 e. The van der Waals surface area contributed by atoms with Crippen molar-refractivity contribution < 1.29 is 9.13 Å². The summed E-state index contributed by atoms with van der Waals surface area (Å²) in [5, 5.41) is 0.911. The molecule has 3 N–H and O–H groups in total. The minimum atomic E-state index is -0.425.